The van der Waals surface area contributed by atoms with E-state index in [1.54, 1.807) is 17.9 Å². The van der Waals surface area contributed by atoms with Crippen molar-refractivity contribution in [2.24, 2.45) is 7.05 Å². The fraction of sp³-hybridized carbons (Fsp3) is 0.455. The van der Waals surface area contributed by atoms with E-state index in [1.807, 2.05) is 35.9 Å². The van der Waals surface area contributed by atoms with E-state index in [1.165, 1.54) is 0 Å². The van der Waals surface area contributed by atoms with Crippen molar-refractivity contribution in [1.29, 1.82) is 0 Å². The third-order valence-electron chi connectivity index (χ3n) is 5.86. The first-order valence-electron chi connectivity index (χ1n) is 10.0. The fourth-order valence-electron chi connectivity index (χ4n) is 4.44. The number of carbonyl (C=O) groups excluding carboxylic acids is 1. The first kappa shape index (κ1) is 18.7. The van der Waals surface area contributed by atoms with Crippen molar-refractivity contribution in [2.45, 2.75) is 38.1 Å². The highest BCUT2D eigenvalue weighted by molar-refractivity contribution is 6.17. The van der Waals surface area contributed by atoms with E-state index in [4.69, 9.17) is 4.74 Å². The molecule has 1 aliphatic carbocycles. The number of methoxy groups -OCH3 is 1. The van der Waals surface area contributed by atoms with Crippen molar-refractivity contribution < 1.29 is 9.53 Å². The van der Waals surface area contributed by atoms with Gasteiger partial charge in [0, 0.05) is 55.8 Å². The molecule has 1 amide bonds. The summed E-state index contributed by atoms with van der Waals surface area (Å²) in [5.74, 6) is -0.135. The lowest BCUT2D eigenvalue weighted by molar-refractivity contribution is 0.0949. The van der Waals surface area contributed by atoms with Gasteiger partial charge in [0.25, 0.3) is 11.5 Å². The molecule has 0 saturated heterocycles. The summed E-state index contributed by atoms with van der Waals surface area (Å²) in [6.45, 7) is 1.15. The van der Waals surface area contributed by atoms with Gasteiger partial charge < -0.3 is 19.2 Å². The number of hydrogen-bond acceptors (Lipinski definition) is 3. The van der Waals surface area contributed by atoms with Gasteiger partial charge in [-0.1, -0.05) is 31.0 Å². The van der Waals surface area contributed by atoms with Gasteiger partial charge >= 0.3 is 0 Å². The lowest BCUT2D eigenvalue weighted by atomic mass is 10.1. The zero-order valence-corrected chi connectivity index (χ0v) is 16.5. The van der Waals surface area contributed by atoms with Crippen LogP contribution in [0.15, 0.2) is 35.3 Å². The van der Waals surface area contributed by atoms with Gasteiger partial charge in [-0.05, 0) is 25.3 Å². The van der Waals surface area contributed by atoms with Crippen LogP contribution in [-0.4, -0.2) is 35.3 Å². The monoisotopic (exact) mass is 381 g/mol. The first-order valence-corrected chi connectivity index (χ1v) is 10.0. The zero-order chi connectivity index (χ0) is 19.7. The van der Waals surface area contributed by atoms with Crippen molar-refractivity contribution in [3.05, 3.63) is 46.4 Å². The molecule has 2 aromatic heterocycles. The highest BCUT2D eigenvalue weighted by Gasteiger charge is 2.25. The van der Waals surface area contributed by atoms with Gasteiger partial charge in [0.05, 0.1) is 5.56 Å². The minimum Gasteiger partial charge on any atom is -0.385 e. The summed E-state index contributed by atoms with van der Waals surface area (Å²) in [5, 5.41) is 4.69. The van der Waals surface area contributed by atoms with Crippen LogP contribution in [0.25, 0.3) is 21.8 Å². The third kappa shape index (κ3) is 3.11. The second-order valence-electron chi connectivity index (χ2n) is 7.60. The maximum absolute atomic E-state index is 13.4. The quantitative estimate of drug-likeness (QED) is 0.666. The molecule has 6 heteroatoms. The van der Waals surface area contributed by atoms with Crippen LogP contribution in [0, 0.1) is 0 Å². The smallest absolute Gasteiger partial charge is 0.275 e. The number of rotatable bonds is 6. The summed E-state index contributed by atoms with van der Waals surface area (Å²) in [4.78, 5) is 26.5. The lowest BCUT2D eigenvalue weighted by Crippen LogP contribution is -2.30. The fourth-order valence-corrected chi connectivity index (χ4v) is 4.44. The van der Waals surface area contributed by atoms with E-state index in [0.717, 1.165) is 48.4 Å². The van der Waals surface area contributed by atoms with E-state index in [2.05, 4.69) is 5.32 Å². The largest absolute Gasteiger partial charge is 0.385 e. The Bertz CT molecular complexity index is 1070. The number of benzene rings is 1. The van der Waals surface area contributed by atoms with Crippen LogP contribution in [0.3, 0.4) is 0 Å². The van der Waals surface area contributed by atoms with Crippen molar-refractivity contribution in [3.63, 3.8) is 0 Å². The molecule has 3 aromatic rings. The van der Waals surface area contributed by atoms with Crippen molar-refractivity contribution in [3.8, 4) is 0 Å². The van der Waals surface area contributed by atoms with Crippen molar-refractivity contribution in [2.75, 3.05) is 20.3 Å². The maximum atomic E-state index is 13.4. The highest BCUT2D eigenvalue weighted by atomic mass is 16.5. The molecule has 0 atom stereocenters. The molecule has 1 aliphatic rings. The minimum atomic E-state index is -0.135. The van der Waals surface area contributed by atoms with E-state index in [-0.39, 0.29) is 17.5 Å². The topological polar surface area (TPSA) is 65.3 Å². The number of aromatic nitrogens is 2. The maximum Gasteiger partial charge on any atom is 0.275 e. The number of nitrogens with one attached hydrogen (secondary N) is 1. The first-order chi connectivity index (χ1) is 13.6. The molecule has 4 rings (SSSR count). The molecule has 2 heterocycles. The number of amides is 1. The standard InChI is InChI=1S/C22H27N3O3/c1-24-18-11-6-5-10-16(18)19-17(21(26)23-12-7-13-28-2)14-25(22(27)20(19)24)15-8-3-4-9-15/h5-6,10-11,14-15H,3-4,7-9,12-13H2,1-2H3,(H,23,26). The van der Waals surface area contributed by atoms with Crippen LogP contribution in [0.2, 0.25) is 0 Å². The molecule has 0 spiro atoms. The second kappa shape index (κ2) is 7.80. The van der Waals surface area contributed by atoms with Gasteiger partial charge in [0.1, 0.15) is 5.52 Å². The summed E-state index contributed by atoms with van der Waals surface area (Å²) in [6.07, 6.45) is 6.78. The molecule has 0 unspecified atom stereocenters. The number of carbonyl (C=O) groups is 1. The molecule has 1 N–H and O–H groups in total. The van der Waals surface area contributed by atoms with Gasteiger partial charge in [-0.25, -0.2) is 0 Å². The summed E-state index contributed by atoms with van der Waals surface area (Å²) < 4.78 is 8.80. The molecular formula is C22H27N3O3. The molecule has 1 aromatic carbocycles. The normalized spacial score (nSPS) is 14.9. The summed E-state index contributed by atoms with van der Waals surface area (Å²) in [5.41, 5.74) is 2.15. The van der Waals surface area contributed by atoms with Gasteiger partial charge in [-0.15, -0.1) is 0 Å². The van der Waals surface area contributed by atoms with Gasteiger partial charge in [0.15, 0.2) is 0 Å². The minimum absolute atomic E-state index is 0.00321. The van der Waals surface area contributed by atoms with Crippen LogP contribution in [0.1, 0.15) is 48.5 Å². The van der Waals surface area contributed by atoms with E-state index in [9.17, 15) is 9.59 Å². The number of para-hydroxylation sites is 1. The highest BCUT2D eigenvalue weighted by Crippen LogP contribution is 2.32. The van der Waals surface area contributed by atoms with Crippen molar-refractivity contribution >= 4 is 27.7 Å². The van der Waals surface area contributed by atoms with Gasteiger partial charge in [0.2, 0.25) is 0 Å². The van der Waals surface area contributed by atoms with Gasteiger partial charge in [-0.3, -0.25) is 9.59 Å². The predicted molar refractivity (Wildman–Crippen MR) is 111 cm³/mol. The molecule has 0 bridgehead atoms. The lowest BCUT2D eigenvalue weighted by Gasteiger charge is -2.16. The van der Waals surface area contributed by atoms with E-state index < -0.39 is 0 Å². The summed E-state index contributed by atoms with van der Waals surface area (Å²) >= 11 is 0. The second-order valence-corrected chi connectivity index (χ2v) is 7.60. The van der Waals surface area contributed by atoms with Crippen molar-refractivity contribution in [1.82, 2.24) is 14.5 Å². The van der Waals surface area contributed by atoms with Gasteiger partial charge in [-0.2, -0.15) is 0 Å². The average Bonchev–Trinajstić information content (AvgIpc) is 3.33. The Morgan fingerprint density at radius 2 is 2.00 bits per heavy atom. The molecule has 1 saturated carbocycles. The molecule has 0 aliphatic heterocycles. The number of nitrogens with zero attached hydrogens (tertiary/aromatic N) is 2. The number of aryl methyl sites for hydroxylation is 1. The summed E-state index contributed by atoms with van der Waals surface area (Å²) in [7, 11) is 3.56. The van der Waals surface area contributed by atoms with Crippen LogP contribution in [-0.2, 0) is 11.8 Å². The Kier molecular flexibility index (Phi) is 5.22. The molecular weight excluding hydrogens is 354 g/mol. The van der Waals surface area contributed by atoms with Crippen LogP contribution in [0.5, 0.6) is 0 Å². The number of ether oxygens (including phenoxy) is 1. The Morgan fingerprint density at radius 1 is 1.25 bits per heavy atom. The average molecular weight is 381 g/mol. The molecule has 148 valence electrons. The number of fused-ring (bicyclic) bond motifs is 3. The SMILES string of the molecule is COCCCNC(=O)c1cn(C2CCCC2)c(=O)c2c1c1ccccc1n2C. The van der Waals surface area contributed by atoms with Crippen LogP contribution in [0.4, 0.5) is 0 Å². The molecule has 1 fully saturated rings. The Labute approximate surface area is 164 Å². The Hall–Kier alpha value is -2.60. The Balaban J connectivity index is 1.90. The third-order valence-corrected chi connectivity index (χ3v) is 5.86. The molecule has 6 nitrogen and oxygen atoms in total. The number of hydrogen-bond donors (Lipinski definition) is 1. The molecule has 28 heavy (non-hydrogen) atoms. The predicted octanol–water partition coefficient (Wildman–Crippen LogP) is 3.37. The Morgan fingerprint density at radius 3 is 2.75 bits per heavy atom. The van der Waals surface area contributed by atoms with Crippen LogP contribution >= 0.6 is 0 Å². The molecule has 0 radical (unpaired) electrons. The number of pyridine rings is 1. The zero-order valence-electron chi connectivity index (χ0n) is 16.5. The van der Waals surface area contributed by atoms with E-state index >= 15 is 0 Å². The van der Waals surface area contributed by atoms with E-state index in [0.29, 0.717) is 24.2 Å². The van der Waals surface area contributed by atoms with Crippen LogP contribution < -0.4 is 10.9 Å². The summed E-state index contributed by atoms with van der Waals surface area (Å²) in [6, 6.07) is 8.06.